The lowest BCUT2D eigenvalue weighted by Crippen LogP contribution is -2.34. The lowest BCUT2D eigenvalue weighted by molar-refractivity contribution is 0.191. The summed E-state index contributed by atoms with van der Waals surface area (Å²) in [7, 11) is 2.28. The molecule has 3 nitrogen and oxygen atoms in total. The molecule has 0 amide bonds. The first-order valence-corrected chi connectivity index (χ1v) is 8.52. The Morgan fingerprint density at radius 1 is 1.35 bits per heavy atom. The van der Waals surface area contributed by atoms with E-state index in [-0.39, 0.29) is 0 Å². The first-order valence-electron chi connectivity index (χ1n) is 7.73. The molecule has 1 heterocycles. The van der Waals surface area contributed by atoms with Crippen molar-refractivity contribution in [3.05, 3.63) is 22.3 Å². The van der Waals surface area contributed by atoms with Gasteiger partial charge in [-0.3, -0.25) is 0 Å². The summed E-state index contributed by atoms with van der Waals surface area (Å²) in [6.45, 7) is 4.26. The minimum absolute atomic E-state index is 0.816. The molecule has 0 aromatic carbocycles. The number of hydrogen-bond acceptors (Lipinski definition) is 3. The molecular formula is C16H26BrN3. The lowest BCUT2D eigenvalue weighted by atomic mass is 9.94. The van der Waals surface area contributed by atoms with Gasteiger partial charge in [0.1, 0.15) is 5.82 Å². The van der Waals surface area contributed by atoms with Crippen molar-refractivity contribution in [3.8, 4) is 0 Å². The highest BCUT2D eigenvalue weighted by Gasteiger charge is 2.17. The first-order chi connectivity index (χ1) is 9.66. The van der Waals surface area contributed by atoms with E-state index in [4.69, 9.17) is 0 Å². The number of halogens is 1. The fourth-order valence-corrected chi connectivity index (χ4v) is 3.41. The Hall–Kier alpha value is -0.610. The summed E-state index contributed by atoms with van der Waals surface area (Å²) in [4.78, 5) is 6.96. The molecule has 0 spiro atoms. The molecule has 0 saturated heterocycles. The molecule has 2 rings (SSSR count). The van der Waals surface area contributed by atoms with E-state index in [2.05, 4.69) is 51.2 Å². The molecule has 112 valence electrons. The van der Waals surface area contributed by atoms with Gasteiger partial charge in [0.15, 0.2) is 0 Å². The van der Waals surface area contributed by atoms with Gasteiger partial charge in [0.2, 0.25) is 0 Å². The Kier molecular flexibility index (Phi) is 6.30. The second-order valence-electron chi connectivity index (χ2n) is 5.87. The molecule has 1 aromatic rings. The predicted molar refractivity (Wildman–Crippen MR) is 89.3 cm³/mol. The van der Waals surface area contributed by atoms with E-state index in [1.54, 1.807) is 0 Å². The highest BCUT2D eigenvalue weighted by atomic mass is 79.9. The zero-order chi connectivity index (χ0) is 14.4. The van der Waals surface area contributed by atoms with Crippen LogP contribution < -0.4 is 5.32 Å². The highest BCUT2D eigenvalue weighted by Crippen LogP contribution is 2.21. The van der Waals surface area contributed by atoms with Gasteiger partial charge in [0.25, 0.3) is 0 Å². The molecule has 0 aliphatic heterocycles. The molecule has 1 fully saturated rings. The van der Waals surface area contributed by atoms with Crippen LogP contribution in [0.25, 0.3) is 0 Å². The minimum atomic E-state index is 0.816. The smallest absolute Gasteiger partial charge is 0.128 e. The summed E-state index contributed by atoms with van der Waals surface area (Å²) in [6.07, 6.45) is 10.0. The van der Waals surface area contributed by atoms with Crippen LogP contribution in [-0.4, -0.2) is 36.1 Å². The van der Waals surface area contributed by atoms with E-state index in [1.165, 1.54) is 50.6 Å². The van der Waals surface area contributed by atoms with Gasteiger partial charge in [0.05, 0.1) is 0 Å². The Morgan fingerprint density at radius 3 is 2.80 bits per heavy atom. The SMILES string of the molecule is Cc1cc(Br)cnc1NCCCN(C)C1CCCCC1. The number of hydrogen-bond donors (Lipinski definition) is 1. The number of aromatic nitrogens is 1. The van der Waals surface area contributed by atoms with Crippen molar-refractivity contribution in [3.63, 3.8) is 0 Å². The van der Waals surface area contributed by atoms with E-state index < -0.39 is 0 Å². The number of pyridine rings is 1. The lowest BCUT2D eigenvalue weighted by Gasteiger charge is -2.31. The van der Waals surface area contributed by atoms with Crippen LogP contribution in [-0.2, 0) is 0 Å². The quantitative estimate of drug-likeness (QED) is 0.786. The van der Waals surface area contributed by atoms with E-state index in [1.807, 2.05) is 6.20 Å². The van der Waals surface area contributed by atoms with Crippen LogP contribution in [0.1, 0.15) is 44.1 Å². The molecule has 1 saturated carbocycles. The van der Waals surface area contributed by atoms with Gasteiger partial charge in [-0.1, -0.05) is 19.3 Å². The Bertz CT molecular complexity index is 416. The highest BCUT2D eigenvalue weighted by molar-refractivity contribution is 9.10. The van der Waals surface area contributed by atoms with E-state index in [9.17, 15) is 0 Å². The van der Waals surface area contributed by atoms with Gasteiger partial charge in [-0.05, 0) is 67.3 Å². The maximum atomic E-state index is 4.41. The van der Waals surface area contributed by atoms with E-state index in [0.29, 0.717) is 0 Å². The van der Waals surface area contributed by atoms with Crippen LogP contribution in [0.15, 0.2) is 16.7 Å². The van der Waals surface area contributed by atoms with Crippen molar-refractivity contribution < 1.29 is 0 Å². The molecule has 4 heteroatoms. The number of rotatable bonds is 6. The average molecular weight is 340 g/mol. The molecule has 1 aliphatic carbocycles. The number of nitrogens with zero attached hydrogens (tertiary/aromatic N) is 2. The van der Waals surface area contributed by atoms with Crippen molar-refractivity contribution in [2.75, 3.05) is 25.5 Å². The second-order valence-corrected chi connectivity index (χ2v) is 6.79. The number of anilines is 1. The van der Waals surface area contributed by atoms with Gasteiger partial charge in [0, 0.05) is 23.3 Å². The molecule has 1 aliphatic rings. The topological polar surface area (TPSA) is 28.2 Å². The second kappa shape index (κ2) is 7.99. The zero-order valence-electron chi connectivity index (χ0n) is 12.7. The third-order valence-corrected chi connectivity index (χ3v) is 4.66. The van der Waals surface area contributed by atoms with Crippen LogP contribution in [0.5, 0.6) is 0 Å². The first kappa shape index (κ1) is 15.8. The van der Waals surface area contributed by atoms with Gasteiger partial charge >= 0.3 is 0 Å². The third kappa shape index (κ3) is 4.74. The Morgan fingerprint density at radius 2 is 2.10 bits per heavy atom. The molecular weight excluding hydrogens is 314 g/mol. The van der Waals surface area contributed by atoms with Crippen molar-refractivity contribution in [2.24, 2.45) is 0 Å². The van der Waals surface area contributed by atoms with Crippen LogP contribution >= 0.6 is 15.9 Å². The summed E-state index contributed by atoms with van der Waals surface area (Å²) in [5.41, 5.74) is 1.19. The zero-order valence-corrected chi connectivity index (χ0v) is 14.2. The van der Waals surface area contributed by atoms with E-state index >= 15 is 0 Å². The Balaban J connectivity index is 1.68. The van der Waals surface area contributed by atoms with Crippen LogP contribution in [0.4, 0.5) is 5.82 Å². The molecule has 20 heavy (non-hydrogen) atoms. The summed E-state index contributed by atoms with van der Waals surface area (Å²) >= 11 is 3.44. The molecule has 1 N–H and O–H groups in total. The normalized spacial score (nSPS) is 16.6. The predicted octanol–water partition coefficient (Wildman–Crippen LogP) is 4.22. The molecule has 1 aromatic heterocycles. The van der Waals surface area contributed by atoms with Crippen molar-refractivity contribution in [1.29, 1.82) is 0 Å². The summed E-state index contributed by atoms with van der Waals surface area (Å²) in [5.74, 6) is 1.01. The van der Waals surface area contributed by atoms with E-state index in [0.717, 1.165) is 22.9 Å². The molecule has 0 atom stereocenters. The maximum Gasteiger partial charge on any atom is 0.128 e. The number of nitrogens with one attached hydrogen (secondary N) is 1. The standard InChI is InChI=1S/C16H26BrN3/c1-13-11-14(17)12-19-16(13)18-9-6-10-20(2)15-7-4-3-5-8-15/h11-12,15H,3-10H2,1-2H3,(H,18,19). The average Bonchev–Trinajstić information content (AvgIpc) is 2.46. The van der Waals surface area contributed by atoms with Crippen LogP contribution in [0.3, 0.4) is 0 Å². The fourth-order valence-electron chi connectivity index (χ4n) is 2.97. The minimum Gasteiger partial charge on any atom is -0.370 e. The molecule has 0 bridgehead atoms. The van der Waals surface area contributed by atoms with Crippen LogP contribution in [0, 0.1) is 6.92 Å². The van der Waals surface area contributed by atoms with Crippen molar-refractivity contribution in [2.45, 2.75) is 51.5 Å². The summed E-state index contributed by atoms with van der Waals surface area (Å²) < 4.78 is 1.04. The van der Waals surface area contributed by atoms with Crippen molar-refractivity contribution >= 4 is 21.7 Å². The van der Waals surface area contributed by atoms with Crippen LogP contribution in [0.2, 0.25) is 0 Å². The largest absolute Gasteiger partial charge is 0.370 e. The third-order valence-electron chi connectivity index (χ3n) is 4.22. The number of aryl methyl sites for hydroxylation is 1. The monoisotopic (exact) mass is 339 g/mol. The molecule has 0 radical (unpaired) electrons. The van der Waals surface area contributed by atoms with Gasteiger partial charge in [-0.25, -0.2) is 4.98 Å². The summed E-state index contributed by atoms with van der Waals surface area (Å²) in [6, 6.07) is 2.92. The maximum absolute atomic E-state index is 4.41. The van der Waals surface area contributed by atoms with Gasteiger partial charge in [-0.15, -0.1) is 0 Å². The summed E-state index contributed by atoms with van der Waals surface area (Å²) in [5, 5.41) is 3.44. The Labute approximate surface area is 131 Å². The van der Waals surface area contributed by atoms with Gasteiger partial charge in [-0.2, -0.15) is 0 Å². The molecule has 0 unspecified atom stereocenters. The fraction of sp³-hybridized carbons (Fsp3) is 0.688. The van der Waals surface area contributed by atoms with Crippen molar-refractivity contribution in [1.82, 2.24) is 9.88 Å². The van der Waals surface area contributed by atoms with Gasteiger partial charge < -0.3 is 10.2 Å².